The lowest BCUT2D eigenvalue weighted by Crippen LogP contribution is -2.38. The zero-order valence-corrected chi connectivity index (χ0v) is 12.2. The first-order chi connectivity index (χ1) is 9.15. The monoisotopic (exact) mass is 326 g/mol. The molecule has 1 aromatic rings. The molecule has 1 amide bonds. The molecule has 6 heteroatoms. The van der Waals surface area contributed by atoms with Gasteiger partial charge in [-0.1, -0.05) is 5.16 Å². The molecule has 0 bridgehead atoms. The second-order valence-corrected chi connectivity index (χ2v) is 5.16. The van der Waals surface area contributed by atoms with Crippen LogP contribution in [0.5, 0.6) is 5.75 Å². The average molecular weight is 327 g/mol. The van der Waals surface area contributed by atoms with Gasteiger partial charge in [-0.25, -0.2) is 0 Å². The number of hydrogen-bond donors (Lipinski definition) is 1. The summed E-state index contributed by atoms with van der Waals surface area (Å²) in [7, 11) is 1.57. The molecular weight excluding hydrogens is 312 g/mol. The molecule has 0 aromatic heterocycles. The Bertz CT molecular complexity index is 507. The summed E-state index contributed by atoms with van der Waals surface area (Å²) >= 11 is 3.39. The third-order valence-electron chi connectivity index (χ3n) is 3.17. The molecule has 1 saturated heterocycles. The van der Waals surface area contributed by atoms with Gasteiger partial charge in [0, 0.05) is 30.4 Å². The second kappa shape index (κ2) is 6.06. The van der Waals surface area contributed by atoms with Crippen molar-refractivity contribution in [1.29, 1.82) is 0 Å². The van der Waals surface area contributed by atoms with Crippen LogP contribution >= 0.6 is 15.9 Å². The molecule has 1 N–H and O–H groups in total. The summed E-state index contributed by atoms with van der Waals surface area (Å²) in [5.74, 6) is 0.615. The van der Waals surface area contributed by atoms with E-state index >= 15 is 0 Å². The minimum Gasteiger partial charge on any atom is -0.497 e. The Hall–Kier alpha value is -1.56. The van der Waals surface area contributed by atoms with E-state index < -0.39 is 0 Å². The van der Waals surface area contributed by atoms with Gasteiger partial charge in [-0.3, -0.25) is 4.79 Å². The van der Waals surface area contributed by atoms with Crippen LogP contribution in [0.15, 0.2) is 27.8 Å². The Morgan fingerprint density at radius 2 is 2.11 bits per heavy atom. The van der Waals surface area contributed by atoms with E-state index in [2.05, 4.69) is 21.1 Å². The number of hydrogen-bond acceptors (Lipinski definition) is 4. The molecule has 0 unspecified atom stereocenters. The molecule has 0 aliphatic carbocycles. The van der Waals surface area contributed by atoms with Crippen LogP contribution in [0.2, 0.25) is 0 Å². The summed E-state index contributed by atoms with van der Waals surface area (Å²) in [4.78, 5) is 14.2. The minimum atomic E-state index is -0.0391. The fourth-order valence-electron chi connectivity index (χ4n) is 2.03. The molecule has 0 saturated carbocycles. The van der Waals surface area contributed by atoms with Crippen LogP contribution in [0.4, 0.5) is 0 Å². The molecule has 5 nitrogen and oxygen atoms in total. The molecular formula is C13H15BrN2O3. The smallest absolute Gasteiger partial charge is 0.255 e. The van der Waals surface area contributed by atoms with Crippen LogP contribution in [-0.2, 0) is 0 Å². The molecule has 1 aromatic carbocycles. The van der Waals surface area contributed by atoms with Gasteiger partial charge in [0.1, 0.15) is 5.75 Å². The van der Waals surface area contributed by atoms with Crippen molar-refractivity contribution in [3.63, 3.8) is 0 Å². The fourth-order valence-corrected chi connectivity index (χ4v) is 2.45. The van der Waals surface area contributed by atoms with Gasteiger partial charge in [0.2, 0.25) is 0 Å². The van der Waals surface area contributed by atoms with Crippen molar-refractivity contribution < 1.29 is 14.7 Å². The third-order valence-corrected chi connectivity index (χ3v) is 3.86. The number of likely N-dealkylation sites (tertiary alicyclic amines) is 1. The molecule has 1 aliphatic heterocycles. The highest BCUT2D eigenvalue weighted by Crippen LogP contribution is 2.24. The maximum Gasteiger partial charge on any atom is 0.255 e. The molecule has 2 rings (SSSR count). The van der Waals surface area contributed by atoms with E-state index in [4.69, 9.17) is 9.94 Å². The number of rotatable bonds is 2. The molecule has 0 radical (unpaired) electrons. The summed E-state index contributed by atoms with van der Waals surface area (Å²) in [5.41, 5.74) is 1.33. The van der Waals surface area contributed by atoms with Gasteiger partial charge in [-0.05, 0) is 34.1 Å². The van der Waals surface area contributed by atoms with Crippen molar-refractivity contribution in [3.8, 4) is 5.75 Å². The average Bonchev–Trinajstić information content (AvgIpc) is 2.47. The Morgan fingerprint density at radius 1 is 1.42 bits per heavy atom. The SMILES string of the molecule is COc1ccc(Br)c(C(=O)N2CCC(=NO)CC2)c1. The summed E-state index contributed by atoms with van der Waals surface area (Å²) < 4.78 is 5.89. The van der Waals surface area contributed by atoms with Crippen molar-refractivity contribution in [2.45, 2.75) is 12.8 Å². The van der Waals surface area contributed by atoms with Crippen LogP contribution in [0, 0.1) is 0 Å². The highest BCUT2D eigenvalue weighted by molar-refractivity contribution is 9.10. The third kappa shape index (κ3) is 3.07. The predicted molar refractivity (Wildman–Crippen MR) is 75.1 cm³/mol. The first kappa shape index (κ1) is 13.9. The van der Waals surface area contributed by atoms with Crippen molar-refractivity contribution in [1.82, 2.24) is 4.90 Å². The Kier molecular flexibility index (Phi) is 4.42. The summed E-state index contributed by atoms with van der Waals surface area (Å²) in [5, 5.41) is 11.9. The highest BCUT2D eigenvalue weighted by Gasteiger charge is 2.23. The van der Waals surface area contributed by atoms with Gasteiger partial charge >= 0.3 is 0 Å². The van der Waals surface area contributed by atoms with E-state index in [-0.39, 0.29) is 5.91 Å². The fraction of sp³-hybridized carbons (Fsp3) is 0.385. The van der Waals surface area contributed by atoms with Gasteiger partial charge in [0.15, 0.2) is 0 Å². The molecule has 19 heavy (non-hydrogen) atoms. The normalized spacial score (nSPS) is 15.3. The van der Waals surface area contributed by atoms with Gasteiger partial charge in [0.25, 0.3) is 5.91 Å². The summed E-state index contributed by atoms with van der Waals surface area (Å²) in [6, 6.07) is 5.33. The predicted octanol–water partition coefficient (Wildman–Crippen LogP) is 2.52. The maximum absolute atomic E-state index is 12.4. The van der Waals surface area contributed by atoms with Crippen LogP contribution in [0.3, 0.4) is 0 Å². The minimum absolute atomic E-state index is 0.0391. The molecule has 1 fully saturated rings. The lowest BCUT2D eigenvalue weighted by Gasteiger charge is -2.27. The van der Waals surface area contributed by atoms with Gasteiger partial charge < -0.3 is 14.8 Å². The van der Waals surface area contributed by atoms with Crippen LogP contribution < -0.4 is 4.74 Å². The number of methoxy groups -OCH3 is 1. The number of nitrogens with zero attached hydrogens (tertiary/aromatic N) is 2. The van der Waals surface area contributed by atoms with Crippen LogP contribution in [0.1, 0.15) is 23.2 Å². The number of oxime groups is 1. The van der Waals surface area contributed by atoms with E-state index in [1.807, 2.05) is 0 Å². The lowest BCUT2D eigenvalue weighted by molar-refractivity contribution is 0.0752. The summed E-state index contributed by atoms with van der Waals surface area (Å²) in [6.07, 6.45) is 1.23. The van der Waals surface area contributed by atoms with Crippen LogP contribution in [-0.4, -0.2) is 41.9 Å². The van der Waals surface area contributed by atoms with E-state index in [1.165, 1.54) is 0 Å². The molecule has 102 valence electrons. The quantitative estimate of drug-likeness (QED) is 0.671. The maximum atomic E-state index is 12.4. The van der Waals surface area contributed by atoms with E-state index in [9.17, 15) is 4.79 Å². The topological polar surface area (TPSA) is 62.1 Å². The number of halogens is 1. The van der Waals surface area contributed by atoms with E-state index in [1.54, 1.807) is 30.2 Å². The Labute approximate surface area is 120 Å². The number of piperidine rings is 1. The van der Waals surface area contributed by atoms with Crippen molar-refractivity contribution in [2.75, 3.05) is 20.2 Å². The molecule has 1 heterocycles. The van der Waals surface area contributed by atoms with E-state index in [0.29, 0.717) is 37.2 Å². The zero-order chi connectivity index (χ0) is 13.8. The highest BCUT2D eigenvalue weighted by atomic mass is 79.9. The lowest BCUT2D eigenvalue weighted by atomic mass is 10.1. The van der Waals surface area contributed by atoms with E-state index in [0.717, 1.165) is 10.2 Å². The Morgan fingerprint density at radius 3 is 2.68 bits per heavy atom. The number of carbonyl (C=O) groups is 1. The van der Waals surface area contributed by atoms with Crippen LogP contribution in [0.25, 0.3) is 0 Å². The van der Waals surface area contributed by atoms with Crippen molar-refractivity contribution >= 4 is 27.5 Å². The molecule has 1 aliphatic rings. The van der Waals surface area contributed by atoms with Crippen molar-refractivity contribution in [2.24, 2.45) is 5.16 Å². The number of ether oxygens (including phenoxy) is 1. The second-order valence-electron chi connectivity index (χ2n) is 4.30. The standard InChI is InChI=1S/C13H15BrN2O3/c1-19-10-2-3-12(14)11(8-10)13(17)16-6-4-9(15-18)5-7-16/h2-3,8,18H,4-7H2,1H3. The molecule has 0 atom stereocenters. The van der Waals surface area contributed by atoms with Gasteiger partial charge in [-0.15, -0.1) is 0 Å². The van der Waals surface area contributed by atoms with Gasteiger partial charge in [-0.2, -0.15) is 0 Å². The van der Waals surface area contributed by atoms with Gasteiger partial charge in [0.05, 0.1) is 18.4 Å². The number of carbonyl (C=O) groups excluding carboxylic acids is 1. The number of benzene rings is 1. The largest absolute Gasteiger partial charge is 0.497 e. The van der Waals surface area contributed by atoms with Crippen molar-refractivity contribution in [3.05, 3.63) is 28.2 Å². The Balaban J connectivity index is 2.16. The molecule has 0 spiro atoms. The number of amides is 1. The summed E-state index contributed by atoms with van der Waals surface area (Å²) in [6.45, 7) is 1.14. The zero-order valence-electron chi connectivity index (χ0n) is 10.6. The first-order valence-electron chi connectivity index (χ1n) is 5.98. The first-order valence-corrected chi connectivity index (χ1v) is 6.77.